The normalized spacial score (nSPS) is 10.1. The Morgan fingerprint density at radius 3 is 1.19 bits per heavy atom. The molecule has 0 saturated heterocycles. The van der Waals surface area contributed by atoms with E-state index in [4.69, 9.17) is 0 Å². The SMILES string of the molecule is C[n+]1ccc(-c2cccc3c(-c4cc[n+](C)cc4)cccc23)cc1.[Cl-].[Cl-]. The number of pyridine rings is 2. The van der Waals surface area contributed by atoms with Crippen LogP contribution in [0.4, 0.5) is 0 Å². The van der Waals surface area contributed by atoms with E-state index >= 15 is 0 Å². The Labute approximate surface area is 166 Å². The first-order valence-electron chi connectivity index (χ1n) is 8.15. The molecule has 0 amide bonds. The molecule has 0 aliphatic carbocycles. The van der Waals surface area contributed by atoms with Crippen molar-refractivity contribution < 1.29 is 33.9 Å². The fraction of sp³-hybridized carbons (Fsp3) is 0.0909. The van der Waals surface area contributed by atoms with Gasteiger partial charge in [0.15, 0.2) is 24.8 Å². The highest BCUT2D eigenvalue weighted by atomic mass is 35.5. The Hall–Kier alpha value is -2.42. The van der Waals surface area contributed by atoms with Gasteiger partial charge < -0.3 is 24.8 Å². The van der Waals surface area contributed by atoms with Gasteiger partial charge >= 0.3 is 0 Å². The monoisotopic (exact) mass is 382 g/mol. The van der Waals surface area contributed by atoms with E-state index in [2.05, 4.69) is 94.6 Å². The zero-order valence-electron chi connectivity index (χ0n) is 14.7. The van der Waals surface area contributed by atoms with Crippen molar-refractivity contribution in [3.63, 3.8) is 0 Å². The molecule has 2 aromatic heterocycles. The Morgan fingerprint density at radius 2 is 0.846 bits per heavy atom. The highest BCUT2D eigenvalue weighted by Gasteiger charge is 2.09. The lowest BCUT2D eigenvalue weighted by Gasteiger charge is -2.10. The zero-order valence-corrected chi connectivity index (χ0v) is 16.2. The minimum absolute atomic E-state index is 0. The lowest BCUT2D eigenvalue weighted by molar-refractivity contribution is -0.671. The highest BCUT2D eigenvalue weighted by molar-refractivity contribution is 6.04. The van der Waals surface area contributed by atoms with Crippen molar-refractivity contribution in [1.82, 2.24) is 0 Å². The van der Waals surface area contributed by atoms with Gasteiger partial charge in [-0.05, 0) is 33.0 Å². The molecule has 4 aromatic rings. The van der Waals surface area contributed by atoms with Crippen LogP contribution in [0.2, 0.25) is 0 Å². The van der Waals surface area contributed by atoms with Crippen LogP contribution < -0.4 is 33.9 Å². The van der Waals surface area contributed by atoms with E-state index in [1.54, 1.807) is 0 Å². The van der Waals surface area contributed by atoms with Gasteiger partial charge in [0.05, 0.1) is 0 Å². The van der Waals surface area contributed by atoms with Crippen LogP contribution in [-0.2, 0) is 14.1 Å². The van der Waals surface area contributed by atoms with E-state index in [-0.39, 0.29) is 24.8 Å². The maximum Gasteiger partial charge on any atom is 0.169 e. The largest absolute Gasteiger partial charge is 1.00 e. The van der Waals surface area contributed by atoms with Crippen molar-refractivity contribution in [2.24, 2.45) is 14.1 Å². The molecule has 2 aromatic carbocycles. The Morgan fingerprint density at radius 1 is 0.500 bits per heavy atom. The molecule has 0 fully saturated rings. The molecule has 4 rings (SSSR count). The molecule has 0 unspecified atom stereocenters. The predicted molar refractivity (Wildman–Crippen MR) is 97.2 cm³/mol. The molecule has 132 valence electrons. The molecule has 0 atom stereocenters. The number of aromatic nitrogens is 2. The van der Waals surface area contributed by atoms with Gasteiger partial charge in [-0.25, -0.2) is 9.13 Å². The van der Waals surface area contributed by atoms with Crippen molar-refractivity contribution >= 4 is 10.8 Å². The molecule has 4 heteroatoms. The number of benzene rings is 2. The first-order valence-corrected chi connectivity index (χ1v) is 8.15. The Kier molecular flexibility index (Phi) is 6.36. The Bertz CT molecular complexity index is 926. The number of hydrogen-bond donors (Lipinski definition) is 0. The minimum Gasteiger partial charge on any atom is -1.00 e. The molecule has 2 nitrogen and oxygen atoms in total. The van der Waals surface area contributed by atoms with E-state index < -0.39 is 0 Å². The summed E-state index contributed by atoms with van der Waals surface area (Å²) in [5, 5.41) is 2.58. The second kappa shape index (κ2) is 8.31. The minimum atomic E-state index is 0. The molecule has 0 radical (unpaired) electrons. The summed E-state index contributed by atoms with van der Waals surface area (Å²) in [5.41, 5.74) is 5.04. The highest BCUT2D eigenvalue weighted by Crippen LogP contribution is 2.34. The van der Waals surface area contributed by atoms with Gasteiger partial charge in [-0.1, -0.05) is 36.4 Å². The lowest BCUT2D eigenvalue weighted by atomic mass is 9.93. The van der Waals surface area contributed by atoms with Crippen molar-refractivity contribution in [3.8, 4) is 22.3 Å². The topological polar surface area (TPSA) is 7.76 Å². The summed E-state index contributed by atoms with van der Waals surface area (Å²) in [7, 11) is 4.08. The quantitative estimate of drug-likeness (QED) is 0.348. The Balaban J connectivity index is 0.00000121. The molecule has 2 heterocycles. The third-order valence-corrected chi connectivity index (χ3v) is 4.50. The first-order chi connectivity index (χ1) is 11.7. The van der Waals surface area contributed by atoms with Crippen molar-refractivity contribution in [1.29, 1.82) is 0 Å². The van der Waals surface area contributed by atoms with E-state index in [1.165, 1.54) is 33.0 Å². The maximum absolute atomic E-state index is 2.21. The molecule has 0 aliphatic rings. The zero-order chi connectivity index (χ0) is 16.5. The van der Waals surface area contributed by atoms with Crippen LogP contribution in [0.3, 0.4) is 0 Å². The average molecular weight is 383 g/mol. The summed E-state index contributed by atoms with van der Waals surface area (Å²) in [6, 6.07) is 21.8. The van der Waals surface area contributed by atoms with Gasteiger partial charge in [0, 0.05) is 24.3 Å². The second-order valence-corrected chi connectivity index (χ2v) is 6.21. The fourth-order valence-corrected chi connectivity index (χ4v) is 3.17. The molecular weight excluding hydrogens is 363 g/mol. The van der Waals surface area contributed by atoms with E-state index in [0.717, 1.165) is 0 Å². The molecule has 26 heavy (non-hydrogen) atoms. The van der Waals surface area contributed by atoms with Crippen molar-refractivity contribution in [3.05, 3.63) is 85.5 Å². The molecule has 0 N–H and O–H groups in total. The number of hydrogen-bond acceptors (Lipinski definition) is 0. The molecule has 0 spiro atoms. The van der Waals surface area contributed by atoms with Crippen LogP contribution in [0.25, 0.3) is 33.0 Å². The van der Waals surface area contributed by atoms with Crippen molar-refractivity contribution in [2.75, 3.05) is 0 Å². The lowest BCUT2D eigenvalue weighted by Crippen LogP contribution is -3.00. The smallest absolute Gasteiger partial charge is 0.169 e. The average Bonchev–Trinajstić information content (AvgIpc) is 2.62. The van der Waals surface area contributed by atoms with Crippen LogP contribution in [0.5, 0.6) is 0 Å². The van der Waals surface area contributed by atoms with E-state index in [1.807, 2.05) is 14.1 Å². The summed E-state index contributed by atoms with van der Waals surface area (Å²) >= 11 is 0. The van der Waals surface area contributed by atoms with Crippen molar-refractivity contribution in [2.45, 2.75) is 0 Å². The van der Waals surface area contributed by atoms with Crippen LogP contribution in [-0.4, -0.2) is 0 Å². The maximum atomic E-state index is 2.21. The molecular formula is C22H20Cl2N2. The van der Waals surface area contributed by atoms with Gasteiger partial charge in [-0.2, -0.15) is 0 Å². The molecule has 0 saturated carbocycles. The van der Waals surface area contributed by atoms with Gasteiger partial charge in [0.2, 0.25) is 0 Å². The van der Waals surface area contributed by atoms with Crippen LogP contribution in [0.15, 0.2) is 85.5 Å². The number of rotatable bonds is 2. The second-order valence-electron chi connectivity index (χ2n) is 6.21. The van der Waals surface area contributed by atoms with Gasteiger partial charge in [0.1, 0.15) is 14.1 Å². The number of fused-ring (bicyclic) bond motifs is 1. The molecule has 0 aliphatic heterocycles. The number of nitrogens with zero attached hydrogens (tertiary/aromatic N) is 2. The van der Waals surface area contributed by atoms with E-state index in [9.17, 15) is 0 Å². The summed E-state index contributed by atoms with van der Waals surface area (Å²) < 4.78 is 4.12. The van der Waals surface area contributed by atoms with Crippen LogP contribution in [0.1, 0.15) is 0 Å². The first kappa shape index (κ1) is 19.9. The van der Waals surface area contributed by atoms with Crippen LogP contribution in [0, 0.1) is 0 Å². The van der Waals surface area contributed by atoms with Gasteiger partial charge in [-0.15, -0.1) is 0 Å². The fourth-order valence-electron chi connectivity index (χ4n) is 3.17. The standard InChI is InChI=1S/C22H20N2.2ClH/c1-23-13-9-17(10-14-23)19-5-3-8-22-20(6-4-7-21(19)22)18-11-15-24(2)16-12-18;;/h3-16H,1-2H3;2*1H/q+2;;/p-2. The van der Waals surface area contributed by atoms with Crippen LogP contribution >= 0.6 is 0 Å². The molecule has 0 bridgehead atoms. The summed E-state index contributed by atoms with van der Waals surface area (Å²) in [5.74, 6) is 0. The third kappa shape index (κ3) is 3.72. The van der Waals surface area contributed by atoms with Gasteiger partial charge in [0.25, 0.3) is 0 Å². The summed E-state index contributed by atoms with van der Waals surface area (Å²) in [6.07, 6.45) is 8.37. The summed E-state index contributed by atoms with van der Waals surface area (Å²) in [6.45, 7) is 0. The third-order valence-electron chi connectivity index (χ3n) is 4.50. The van der Waals surface area contributed by atoms with Gasteiger partial charge in [-0.3, -0.25) is 0 Å². The predicted octanol–water partition coefficient (Wildman–Crippen LogP) is -2.17. The summed E-state index contributed by atoms with van der Waals surface area (Å²) in [4.78, 5) is 0. The number of halogens is 2. The van der Waals surface area contributed by atoms with E-state index in [0.29, 0.717) is 0 Å². The number of aryl methyl sites for hydroxylation is 2.